The van der Waals surface area contributed by atoms with Crippen LogP contribution in [-0.4, -0.2) is 21.2 Å². The van der Waals surface area contributed by atoms with Crippen LogP contribution in [0.2, 0.25) is 0 Å². The van der Waals surface area contributed by atoms with E-state index in [2.05, 4.69) is 72.7 Å². The van der Waals surface area contributed by atoms with Crippen LogP contribution < -0.4 is 0 Å². The van der Waals surface area contributed by atoms with Crippen LogP contribution in [0.15, 0.2) is 77.8 Å². The Bertz CT molecular complexity index is 1040. The van der Waals surface area contributed by atoms with Crippen molar-refractivity contribution in [2.75, 3.05) is 0 Å². The van der Waals surface area contributed by atoms with Gasteiger partial charge in [-0.05, 0) is 37.1 Å². The van der Waals surface area contributed by atoms with Crippen molar-refractivity contribution in [1.29, 1.82) is 0 Å². The van der Waals surface area contributed by atoms with Crippen LogP contribution >= 0.6 is 0 Å². The highest BCUT2D eigenvalue weighted by Crippen LogP contribution is 2.24. The fourth-order valence-electron chi connectivity index (χ4n) is 2.91. The third kappa shape index (κ3) is 3.26. The molecule has 0 spiro atoms. The van der Waals surface area contributed by atoms with Gasteiger partial charge in [-0.25, -0.2) is 4.68 Å². The first-order valence-electron chi connectivity index (χ1n) is 8.67. The molecule has 0 aliphatic carbocycles. The number of aryl methyl sites for hydroxylation is 2. The second-order valence-corrected chi connectivity index (χ2v) is 6.50. The summed E-state index contributed by atoms with van der Waals surface area (Å²) in [7, 11) is 0. The number of nitrogens with zero attached hydrogens (tertiary/aromatic N) is 4. The molecule has 0 radical (unpaired) electrons. The molecule has 4 rings (SSSR count). The minimum atomic E-state index is -0.260. The van der Waals surface area contributed by atoms with Gasteiger partial charge < -0.3 is 0 Å². The molecule has 0 aliphatic rings. The monoisotopic (exact) mass is 340 g/mol. The molecule has 1 heterocycles. The zero-order valence-electron chi connectivity index (χ0n) is 14.9. The maximum absolute atomic E-state index is 4.85. The van der Waals surface area contributed by atoms with Gasteiger partial charge in [0, 0.05) is 6.21 Å². The van der Waals surface area contributed by atoms with Crippen LogP contribution in [0.5, 0.6) is 0 Å². The molecule has 0 aliphatic heterocycles. The van der Waals surface area contributed by atoms with Gasteiger partial charge >= 0.3 is 0 Å². The average molecular weight is 340 g/mol. The lowest BCUT2D eigenvalue weighted by Gasteiger charge is -2.14. The lowest BCUT2D eigenvalue weighted by Crippen LogP contribution is -2.11. The van der Waals surface area contributed by atoms with E-state index in [4.69, 9.17) is 4.99 Å². The van der Waals surface area contributed by atoms with Gasteiger partial charge in [0.05, 0.1) is 5.52 Å². The Kier molecular flexibility index (Phi) is 4.32. The topological polar surface area (TPSA) is 43.1 Å². The molecule has 0 saturated carbocycles. The van der Waals surface area contributed by atoms with Crippen molar-refractivity contribution in [3.63, 3.8) is 0 Å². The van der Waals surface area contributed by atoms with E-state index in [1.165, 1.54) is 11.1 Å². The van der Waals surface area contributed by atoms with Crippen molar-refractivity contribution < 1.29 is 0 Å². The molecule has 3 aromatic carbocycles. The Morgan fingerprint density at radius 3 is 2.23 bits per heavy atom. The fraction of sp³-hybridized carbons (Fsp3) is 0.136. The van der Waals surface area contributed by atoms with Gasteiger partial charge in [-0.3, -0.25) is 4.99 Å². The van der Waals surface area contributed by atoms with Crippen LogP contribution in [0, 0.1) is 13.8 Å². The number of hydrogen-bond acceptors (Lipinski definition) is 3. The molecule has 1 aromatic heterocycles. The van der Waals surface area contributed by atoms with E-state index in [0.29, 0.717) is 0 Å². The van der Waals surface area contributed by atoms with Gasteiger partial charge in [0.1, 0.15) is 5.52 Å². The zero-order valence-corrected chi connectivity index (χ0v) is 14.9. The van der Waals surface area contributed by atoms with E-state index in [-0.39, 0.29) is 6.17 Å². The van der Waals surface area contributed by atoms with E-state index in [0.717, 1.165) is 22.2 Å². The fourth-order valence-corrected chi connectivity index (χ4v) is 2.91. The van der Waals surface area contributed by atoms with Crippen molar-refractivity contribution in [3.05, 3.63) is 95.1 Å². The maximum atomic E-state index is 4.85. The van der Waals surface area contributed by atoms with Gasteiger partial charge in [0.15, 0.2) is 6.17 Å². The first kappa shape index (κ1) is 16.2. The predicted octanol–water partition coefficient (Wildman–Crippen LogP) is 4.71. The Labute approximate surface area is 152 Å². The molecule has 0 N–H and O–H groups in total. The third-order valence-corrected chi connectivity index (χ3v) is 4.43. The number of para-hydroxylation sites is 1. The van der Waals surface area contributed by atoms with Gasteiger partial charge in [0.2, 0.25) is 0 Å². The Balaban J connectivity index is 1.79. The highest BCUT2D eigenvalue weighted by Gasteiger charge is 2.16. The van der Waals surface area contributed by atoms with E-state index < -0.39 is 0 Å². The summed E-state index contributed by atoms with van der Waals surface area (Å²) in [6.45, 7) is 4.16. The van der Waals surface area contributed by atoms with Crippen LogP contribution in [-0.2, 0) is 0 Å². The number of hydrogen-bond donors (Lipinski definition) is 0. The molecule has 1 unspecified atom stereocenters. The number of aliphatic imine (C=N–C) groups is 1. The van der Waals surface area contributed by atoms with Crippen molar-refractivity contribution in [2.45, 2.75) is 20.0 Å². The lowest BCUT2D eigenvalue weighted by molar-refractivity contribution is 0.543. The third-order valence-electron chi connectivity index (χ3n) is 4.43. The van der Waals surface area contributed by atoms with E-state index in [1.807, 2.05) is 35.2 Å². The Hall–Kier alpha value is -3.27. The molecule has 4 heteroatoms. The Morgan fingerprint density at radius 2 is 1.50 bits per heavy atom. The predicted molar refractivity (Wildman–Crippen MR) is 106 cm³/mol. The normalized spacial score (nSPS) is 12.7. The summed E-state index contributed by atoms with van der Waals surface area (Å²) in [6.07, 6.45) is 1.64. The number of benzene rings is 3. The van der Waals surface area contributed by atoms with Gasteiger partial charge in [-0.15, -0.1) is 5.10 Å². The average Bonchev–Trinajstić information content (AvgIpc) is 3.09. The Morgan fingerprint density at radius 1 is 0.846 bits per heavy atom. The summed E-state index contributed by atoms with van der Waals surface area (Å²) in [6, 6.07) is 24.7. The number of fused-ring (bicyclic) bond motifs is 1. The summed E-state index contributed by atoms with van der Waals surface area (Å²) in [5, 5.41) is 8.66. The first-order valence-corrected chi connectivity index (χ1v) is 8.67. The summed E-state index contributed by atoms with van der Waals surface area (Å²) < 4.78 is 1.88. The smallest absolute Gasteiger partial charge is 0.169 e. The molecule has 0 saturated heterocycles. The van der Waals surface area contributed by atoms with Crippen LogP contribution in [0.3, 0.4) is 0 Å². The van der Waals surface area contributed by atoms with Crippen LogP contribution in [0.4, 0.5) is 0 Å². The maximum Gasteiger partial charge on any atom is 0.169 e. The second kappa shape index (κ2) is 6.92. The minimum absolute atomic E-state index is 0.260. The number of aromatic nitrogens is 3. The van der Waals surface area contributed by atoms with Crippen molar-refractivity contribution in [1.82, 2.24) is 15.0 Å². The summed E-state index contributed by atoms with van der Waals surface area (Å²) in [5.74, 6) is 0. The van der Waals surface area contributed by atoms with E-state index >= 15 is 0 Å². The molecular weight excluding hydrogens is 320 g/mol. The summed E-state index contributed by atoms with van der Waals surface area (Å²) in [5.41, 5.74) is 6.44. The summed E-state index contributed by atoms with van der Waals surface area (Å²) in [4.78, 5) is 4.85. The van der Waals surface area contributed by atoms with E-state index in [1.54, 1.807) is 0 Å². The van der Waals surface area contributed by atoms with Gasteiger partial charge in [-0.1, -0.05) is 77.0 Å². The van der Waals surface area contributed by atoms with Crippen molar-refractivity contribution in [3.8, 4) is 0 Å². The molecule has 0 fully saturated rings. The highest BCUT2D eigenvalue weighted by atomic mass is 15.5. The van der Waals surface area contributed by atoms with Crippen molar-refractivity contribution >= 4 is 17.2 Å². The largest absolute Gasteiger partial charge is 0.261 e. The molecule has 1 atom stereocenters. The van der Waals surface area contributed by atoms with Gasteiger partial charge in [0.25, 0.3) is 0 Å². The summed E-state index contributed by atoms with van der Waals surface area (Å²) >= 11 is 0. The SMILES string of the molecule is Cc1ccc(C=NC(c2ccc(C)cc2)n2nnc3ccccc32)cc1. The molecule has 128 valence electrons. The highest BCUT2D eigenvalue weighted by molar-refractivity contribution is 5.80. The molecular formula is C22H20N4. The first-order chi connectivity index (χ1) is 12.7. The standard InChI is InChI=1S/C22H20N4/c1-16-7-11-18(12-8-16)15-23-22(19-13-9-17(2)10-14-19)26-21-6-4-3-5-20(21)24-25-26/h3-15,22H,1-2H3. The molecule has 0 amide bonds. The lowest BCUT2D eigenvalue weighted by atomic mass is 10.1. The van der Waals surface area contributed by atoms with Crippen molar-refractivity contribution in [2.24, 2.45) is 4.99 Å². The minimum Gasteiger partial charge on any atom is -0.261 e. The zero-order chi connectivity index (χ0) is 17.9. The van der Waals surface area contributed by atoms with E-state index in [9.17, 15) is 0 Å². The van der Waals surface area contributed by atoms with Crippen LogP contribution in [0.25, 0.3) is 11.0 Å². The molecule has 4 aromatic rings. The second-order valence-electron chi connectivity index (χ2n) is 6.50. The van der Waals surface area contributed by atoms with Crippen LogP contribution in [0.1, 0.15) is 28.4 Å². The molecule has 4 nitrogen and oxygen atoms in total. The van der Waals surface area contributed by atoms with Gasteiger partial charge in [-0.2, -0.15) is 0 Å². The molecule has 26 heavy (non-hydrogen) atoms. The molecule has 0 bridgehead atoms. The number of rotatable bonds is 4. The quantitative estimate of drug-likeness (QED) is 0.505.